The van der Waals surface area contributed by atoms with Crippen molar-refractivity contribution >= 4 is 6.09 Å². The van der Waals surface area contributed by atoms with Crippen LogP contribution in [0.3, 0.4) is 0 Å². The number of hydrogen-bond acceptors (Lipinski definition) is 5. The van der Waals surface area contributed by atoms with Gasteiger partial charge in [0.05, 0.1) is 12.2 Å². The fourth-order valence-electron chi connectivity index (χ4n) is 2.36. The largest absolute Gasteiger partial charge is 0.444 e. The van der Waals surface area contributed by atoms with E-state index in [4.69, 9.17) is 14.2 Å². The molecule has 21 heavy (non-hydrogen) atoms. The Morgan fingerprint density at radius 3 is 2.57 bits per heavy atom. The van der Waals surface area contributed by atoms with Gasteiger partial charge >= 0.3 is 6.09 Å². The maximum Gasteiger partial charge on any atom is 0.407 e. The molecule has 0 aromatic rings. The highest BCUT2D eigenvalue weighted by molar-refractivity contribution is 5.68. The lowest BCUT2D eigenvalue weighted by Gasteiger charge is -2.43. The molecular weight excluding hydrogens is 272 g/mol. The maximum absolute atomic E-state index is 11.6. The van der Waals surface area contributed by atoms with Gasteiger partial charge in [-0.15, -0.1) is 0 Å². The van der Waals surface area contributed by atoms with E-state index < -0.39 is 5.60 Å². The first kappa shape index (κ1) is 18.2. The van der Waals surface area contributed by atoms with E-state index in [1.807, 2.05) is 34.6 Å². The van der Waals surface area contributed by atoms with Gasteiger partial charge in [-0.1, -0.05) is 0 Å². The van der Waals surface area contributed by atoms with Crippen molar-refractivity contribution in [3.63, 3.8) is 0 Å². The lowest BCUT2D eigenvalue weighted by atomic mass is 9.85. The predicted molar refractivity (Wildman–Crippen MR) is 81.5 cm³/mol. The van der Waals surface area contributed by atoms with Gasteiger partial charge in [-0.2, -0.15) is 0 Å². The molecule has 0 heterocycles. The van der Waals surface area contributed by atoms with E-state index in [0.717, 1.165) is 6.42 Å². The number of nitrogens with one attached hydrogen (secondary N) is 2. The molecule has 2 N–H and O–H groups in total. The summed E-state index contributed by atoms with van der Waals surface area (Å²) in [6, 6.07) is 0.262. The van der Waals surface area contributed by atoms with Crippen LogP contribution >= 0.6 is 0 Å². The van der Waals surface area contributed by atoms with Crippen LogP contribution in [-0.2, 0) is 14.2 Å². The van der Waals surface area contributed by atoms with Crippen molar-refractivity contribution in [1.29, 1.82) is 0 Å². The summed E-state index contributed by atoms with van der Waals surface area (Å²) in [6.07, 6.45) is 0.803. The number of ether oxygens (including phenoxy) is 3. The molecule has 0 bridgehead atoms. The first-order valence-corrected chi connectivity index (χ1v) is 7.64. The Hall–Kier alpha value is -0.850. The average Bonchev–Trinajstić information content (AvgIpc) is 2.30. The predicted octanol–water partition coefficient (Wildman–Crippen LogP) is 1.68. The Labute approximate surface area is 127 Å². The van der Waals surface area contributed by atoms with Crippen LogP contribution in [0.1, 0.15) is 41.0 Å². The van der Waals surface area contributed by atoms with Crippen LogP contribution in [0.4, 0.5) is 4.79 Å². The van der Waals surface area contributed by atoms with E-state index in [1.54, 1.807) is 7.11 Å². The third kappa shape index (κ3) is 6.20. The molecule has 1 rings (SSSR count). The third-order valence-electron chi connectivity index (χ3n) is 3.35. The van der Waals surface area contributed by atoms with E-state index in [2.05, 4.69) is 10.6 Å². The van der Waals surface area contributed by atoms with E-state index in [0.29, 0.717) is 13.2 Å². The Bertz CT molecular complexity index is 330. The molecule has 6 heteroatoms. The van der Waals surface area contributed by atoms with Gasteiger partial charge in [-0.05, 0) is 41.0 Å². The van der Waals surface area contributed by atoms with E-state index >= 15 is 0 Å². The quantitative estimate of drug-likeness (QED) is 0.749. The highest BCUT2D eigenvalue weighted by atomic mass is 16.6. The summed E-state index contributed by atoms with van der Waals surface area (Å²) in [4.78, 5) is 11.6. The Balaban J connectivity index is 2.24. The molecule has 1 fully saturated rings. The molecule has 124 valence electrons. The number of alkyl carbamates (subject to hydrolysis) is 1. The number of carbonyl (C=O) groups excluding carboxylic acids is 1. The Kier molecular flexibility index (Phi) is 6.90. The van der Waals surface area contributed by atoms with Gasteiger partial charge in [0, 0.05) is 32.3 Å². The third-order valence-corrected chi connectivity index (χ3v) is 3.35. The van der Waals surface area contributed by atoms with Crippen molar-refractivity contribution in [2.75, 3.05) is 20.3 Å². The molecule has 0 aliphatic heterocycles. The molecule has 6 nitrogen and oxygen atoms in total. The molecular formula is C15H30N2O4. The second kappa shape index (κ2) is 7.96. The maximum atomic E-state index is 11.6. The molecule has 1 aliphatic carbocycles. The van der Waals surface area contributed by atoms with E-state index in [9.17, 15) is 4.79 Å². The number of amides is 1. The van der Waals surface area contributed by atoms with Crippen LogP contribution in [0, 0.1) is 0 Å². The van der Waals surface area contributed by atoms with Gasteiger partial charge in [0.15, 0.2) is 0 Å². The molecule has 0 spiro atoms. The minimum atomic E-state index is -0.475. The summed E-state index contributed by atoms with van der Waals surface area (Å²) in [5.74, 6) is 0. The van der Waals surface area contributed by atoms with Gasteiger partial charge in [0.2, 0.25) is 0 Å². The standard InChI is InChI=1S/C15H30N2O4/c1-7-20-12-8-11(13(12)19-6)16-9-10(2)17-14(18)21-15(3,4)5/h10-13,16H,7-9H2,1-6H3,(H,17,18). The summed E-state index contributed by atoms with van der Waals surface area (Å²) in [5, 5.41) is 6.21. The van der Waals surface area contributed by atoms with Crippen LogP contribution in [0.25, 0.3) is 0 Å². The molecule has 0 saturated heterocycles. The SMILES string of the molecule is CCOC1CC(NCC(C)NC(=O)OC(C)(C)C)C1OC. The zero-order chi connectivity index (χ0) is 16.0. The number of carbonyl (C=O) groups is 1. The van der Waals surface area contributed by atoms with Gasteiger partial charge in [0.1, 0.15) is 5.60 Å². The van der Waals surface area contributed by atoms with Gasteiger partial charge in [-0.25, -0.2) is 4.79 Å². The monoisotopic (exact) mass is 302 g/mol. The number of methoxy groups -OCH3 is 1. The normalized spacial score (nSPS) is 26.9. The van der Waals surface area contributed by atoms with Crippen molar-refractivity contribution in [3.05, 3.63) is 0 Å². The van der Waals surface area contributed by atoms with E-state index in [-0.39, 0.29) is 30.4 Å². The smallest absolute Gasteiger partial charge is 0.407 e. The first-order valence-electron chi connectivity index (χ1n) is 7.64. The van der Waals surface area contributed by atoms with Crippen molar-refractivity contribution in [3.8, 4) is 0 Å². The lowest BCUT2D eigenvalue weighted by Crippen LogP contribution is -2.61. The molecule has 0 aromatic heterocycles. The zero-order valence-electron chi connectivity index (χ0n) is 14.1. The average molecular weight is 302 g/mol. The van der Waals surface area contributed by atoms with Crippen LogP contribution in [0.5, 0.6) is 0 Å². The second-order valence-corrected chi connectivity index (χ2v) is 6.49. The lowest BCUT2D eigenvalue weighted by molar-refractivity contribution is -0.131. The van der Waals surface area contributed by atoms with E-state index in [1.165, 1.54) is 0 Å². The highest BCUT2D eigenvalue weighted by Gasteiger charge is 2.41. The molecule has 4 unspecified atom stereocenters. The Morgan fingerprint density at radius 1 is 1.38 bits per heavy atom. The van der Waals surface area contributed by atoms with Crippen LogP contribution in [0.15, 0.2) is 0 Å². The van der Waals surface area contributed by atoms with Crippen molar-refractivity contribution in [1.82, 2.24) is 10.6 Å². The summed E-state index contributed by atoms with van der Waals surface area (Å²) >= 11 is 0. The minimum Gasteiger partial charge on any atom is -0.444 e. The van der Waals surface area contributed by atoms with Crippen molar-refractivity contribution in [2.24, 2.45) is 0 Å². The zero-order valence-corrected chi connectivity index (χ0v) is 14.1. The summed E-state index contributed by atoms with van der Waals surface area (Å²) in [6.45, 7) is 10.8. The number of hydrogen-bond donors (Lipinski definition) is 2. The summed E-state index contributed by atoms with van der Waals surface area (Å²) < 4.78 is 16.3. The van der Waals surface area contributed by atoms with Gasteiger partial charge in [-0.3, -0.25) is 0 Å². The molecule has 0 radical (unpaired) electrons. The fourth-order valence-corrected chi connectivity index (χ4v) is 2.36. The Morgan fingerprint density at radius 2 is 2.05 bits per heavy atom. The molecule has 1 aliphatic rings. The van der Waals surface area contributed by atoms with Crippen LogP contribution < -0.4 is 10.6 Å². The van der Waals surface area contributed by atoms with Crippen molar-refractivity contribution in [2.45, 2.75) is 70.9 Å². The molecule has 0 aromatic carbocycles. The molecule has 4 atom stereocenters. The van der Waals surface area contributed by atoms with Crippen LogP contribution in [-0.4, -0.2) is 56.2 Å². The van der Waals surface area contributed by atoms with Gasteiger partial charge in [0.25, 0.3) is 0 Å². The van der Waals surface area contributed by atoms with Crippen LogP contribution in [0.2, 0.25) is 0 Å². The fraction of sp³-hybridized carbons (Fsp3) is 0.933. The molecule has 1 amide bonds. The summed E-state index contributed by atoms with van der Waals surface area (Å²) in [5.41, 5.74) is -0.475. The van der Waals surface area contributed by atoms with Crippen molar-refractivity contribution < 1.29 is 19.0 Å². The second-order valence-electron chi connectivity index (χ2n) is 6.49. The minimum absolute atomic E-state index is 0.0106. The highest BCUT2D eigenvalue weighted by Crippen LogP contribution is 2.26. The number of rotatable bonds is 7. The summed E-state index contributed by atoms with van der Waals surface area (Å²) in [7, 11) is 1.70. The topological polar surface area (TPSA) is 68.8 Å². The molecule has 1 saturated carbocycles. The van der Waals surface area contributed by atoms with Gasteiger partial charge < -0.3 is 24.8 Å². The first-order chi connectivity index (χ1) is 9.76.